The summed E-state index contributed by atoms with van der Waals surface area (Å²) in [7, 11) is 1.70. The maximum atomic E-state index is 5.27. The van der Waals surface area contributed by atoms with Gasteiger partial charge in [0.05, 0.1) is 7.11 Å². The Kier molecular flexibility index (Phi) is 6.85. The van der Waals surface area contributed by atoms with Crippen LogP contribution in [0.1, 0.15) is 56.1 Å². The Morgan fingerprint density at radius 2 is 2.10 bits per heavy atom. The van der Waals surface area contributed by atoms with E-state index in [1.165, 1.54) is 11.3 Å². The highest BCUT2D eigenvalue weighted by Gasteiger charge is 2.27. The third-order valence-corrected chi connectivity index (χ3v) is 6.12. The van der Waals surface area contributed by atoms with E-state index in [4.69, 9.17) is 14.7 Å². The molecule has 0 saturated carbocycles. The number of unbranched alkanes of at least 4 members (excludes halogenated alkanes) is 1. The van der Waals surface area contributed by atoms with Gasteiger partial charge in [-0.3, -0.25) is 4.99 Å². The lowest BCUT2D eigenvalue weighted by molar-refractivity contribution is 0.415. The molecule has 0 radical (unpaired) electrons. The second kappa shape index (κ2) is 9.94. The first-order chi connectivity index (χ1) is 15.2. The molecule has 1 unspecified atom stereocenters. The molecule has 1 aromatic carbocycles. The number of benzene rings is 1. The van der Waals surface area contributed by atoms with Crippen molar-refractivity contribution in [3.05, 3.63) is 47.4 Å². The maximum Gasteiger partial charge on any atom is 0.180 e. The lowest BCUT2D eigenvalue weighted by atomic mass is 10.0. The third-order valence-electron chi connectivity index (χ3n) is 6.12. The summed E-state index contributed by atoms with van der Waals surface area (Å²) in [5.74, 6) is 2.71. The molecule has 1 fully saturated rings. The SMILES string of the molecule is C=N/C(=C\CCC)c1nc2c(c(N3CCCC(Nc4ccc(OC)cc4)C3)n1)CCC2. The van der Waals surface area contributed by atoms with Crippen molar-refractivity contribution in [2.24, 2.45) is 4.99 Å². The largest absolute Gasteiger partial charge is 0.497 e. The minimum atomic E-state index is 0.380. The lowest BCUT2D eigenvalue weighted by Crippen LogP contribution is -2.43. The predicted molar refractivity (Wildman–Crippen MR) is 128 cm³/mol. The predicted octanol–water partition coefficient (Wildman–Crippen LogP) is 4.90. The van der Waals surface area contributed by atoms with Gasteiger partial charge in [0.15, 0.2) is 5.82 Å². The summed E-state index contributed by atoms with van der Waals surface area (Å²) in [5, 5.41) is 3.70. The van der Waals surface area contributed by atoms with Crippen LogP contribution >= 0.6 is 0 Å². The molecule has 2 aliphatic rings. The molecule has 1 N–H and O–H groups in total. The van der Waals surface area contributed by atoms with E-state index in [9.17, 15) is 0 Å². The number of piperidine rings is 1. The van der Waals surface area contributed by atoms with Crippen LogP contribution in [0.25, 0.3) is 5.70 Å². The molecule has 1 aliphatic carbocycles. The molecule has 1 saturated heterocycles. The quantitative estimate of drug-likeness (QED) is 0.617. The molecule has 2 aromatic rings. The van der Waals surface area contributed by atoms with E-state index >= 15 is 0 Å². The number of rotatable bonds is 8. The van der Waals surface area contributed by atoms with Gasteiger partial charge in [0.25, 0.3) is 0 Å². The second-order valence-corrected chi connectivity index (χ2v) is 8.34. The highest BCUT2D eigenvalue weighted by atomic mass is 16.5. The van der Waals surface area contributed by atoms with E-state index in [1.807, 2.05) is 12.1 Å². The zero-order chi connectivity index (χ0) is 21.6. The van der Waals surface area contributed by atoms with E-state index in [0.29, 0.717) is 6.04 Å². The minimum Gasteiger partial charge on any atom is -0.497 e. The number of nitrogens with one attached hydrogen (secondary N) is 1. The monoisotopic (exact) mass is 419 g/mol. The Hall–Kier alpha value is -2.89. The summed E-state index contributed by atoms with van der Waals surface area (Å²) in [6, 6.07) is 8.54. The molecule has 1 aromatic heterocycles. The first kappa shape index (κ1) is 21.3. The standard InChI is InChI=1S/C25H33N5O/c1-4-5-10-23(26-2)24-28-22-11-6-9-21(22)25(29-24)30-16-7-8-19(17-30)27-18-12-14-20(31-3)15-13-18/h10,12-15,19,27H,2,4-9,11,16-17H2,1,3H3/b23-10-. The number of allylic oxidation sites excluding steroid dienone is 1. The summed E-state index contributed by atoms with van der Waals surface area (Å²) in [5.41, 5.74) is 4.45. The molecular formula is C25H33N5O. The fraction of sp³-hybridized carbons (Fsp3) is 0.480. The van der Waals surface area contributed by atoms with Crippen molar-refractivity contribution in [3.8, 4) is 5.75 Å². The Bertz CT molecular complexity index is 938. The average molecular weight is 420 g/mol. The Morgan fingerprint density at radius 1 is 1.26 bits per heavy atom. The van der Waals surface area contributed by atoms with Crippen LogP contribution in [-0.4, -0.2) is 42.9 Å². The highest BCUT2D eigenvalue weighted by Crippen LogP contribution is 2.32. The van der Waals surface area contributed by atoms with E-state index in [-0.39, 0.29) is 0 Å². The van der Waals surface area contributed by atoms with Crippen molar-refractivity contribution < 1.29 is 4.74 Å². The Labute approximate surface area is 185 Å². The van der Waals surface area contributed by atoms with Crippen LogP contribution in [0.5, 0.6) is 5.75 Å². The molecule has 6 heteroatoms. The normalized spacial score (nSPS) is 18.6. The molecule has 2 heterocycles. The van der Waals surface area contributed by atoms with Crippen LogP contribution < -0.4 is 15.0 Å². The number of anilines is 2. The number of nitrogens with zero attached hydrogens (tertiary/aromatic N) is 4. The van der Waals surface area contributed by atoms with Crippen molar-refractivity contribution in [1.29, 1.82) is 0 Å². The third kappa shape index (κ3) is 4.89. The van der Waals surface area contributed by atoms with Crippen molar-refractivity contribution >= 4 is 23.9 Å². The average Bonchev–Trinajstić information content (AvgIpc) is 3.28. The van der Waals surface area contributed by atoms with E-state index < -0.39 is 0 Å². The van der Waals surface area contributed by atoms with Gasteiger partial charge in [-0.25, -0.2) is 9.97 Å². The molecule has 0 spiro atoms. The van der Waals surface area contributed by atoms with Gasteiger partial charge in [-0.05, 0) is 69.5 Å². The Balaban J connectivity index is 1.56. The van der Waals surface area contributed by atoms with E-state index in [2.05, 4.69) is 47.1 Å². The van der Waals surface area contributed by atoms with Gasteiger partial charge < -0.3 is 15.0 Å². The summed E-state index contributed by atoms with van der Waals surface area (Å²) < 4.78 is 5.27. The topological polar surface area (TPSA) is 62.6 Å². The van der Waals surface area contributed by atoms with Crippen molar-refractivity contribution in [1.82, 2.24) is 9.97 Å². The fourth-order valence-electron chi connectivity index (χ4n) is 4.51. The number of methoxy groups -OCH3 is 1. The van der Waals surface area contributed by atoms with Gasteiger partial charge in [0.2, 0.25) is 0 Å². The van der Waals surface area contributed by atoms with Gasteiger partial charge in [-0.15, -0.1) is 0 Å². The molecule has 1 aliphatic heterocycles. The number of ether oxygens (including phenoxy) is 1. The van der Waals surface area contributed by atoms with Crippen LogP contribution in [0, 0.1) is 0 Å². The number of aryl methyl sites for hydroxylation is 1. The maximum absolute atomic E-state index is 5.27. The van der Waals surface area contributed by atoms with Gasteiger partial charge >= 0.3 is 0 Å². The lowest BCUT2D eigenvalue weighted by Gasteiger charge is -2.35. The minimum absolute atomic E-state index is 0.380. The summed E-state index contributed by atoms with van der Waals surface area (Å²) >= 11 is 0. The highest BCUT2D eigenvalue weighted by molar-refractivity contribution is 5.66. The van der Waals surface area contributed by atoms with Crippen LogP contribution in [0.15, 0.2) is 35.3 Å². The molecule has 6 nitrogen and oxygen atoms in total. The van der Waals surface area contributed by atoms with Gasteiger partial charge in [-0.2, -0.15) is 0 Å². The molecule has 31 heavy (non-hydrogen) atoms. The molecule has 1 atom stereocenters. The van der Waals surface area contributed by atoms with Gasteiger partial charge in [0.1, 0.15) is 17.3 Å². The van der Waals surface area contributed by atoms with Crippen molar-refractivity contribution in [2.75, 3.05) is 30.4 Å². The first-order valence-electron chi connectivity index (χ1n) is 11.4. The van der Waals surface area contributed by atoms with E-state index in [1.54, 1.807) is 7.11 Å². The zero-order valence-electron chi connectivity index (χ0n) is 18.7. The zero-order valence-corrected chi connectivity index (χ0v) is 18.7. The van der Waals surface area contributed by atoms with Crippen molar-refractivity contribution in [2.45, 2.75) is 57.9 Å². The molecule has 0 amide bonds. The molecular weight excluding hydrogens is 386 g/mol. The number of aliphatic imine (C=N–C) groups is 1. The number of hydrogen-bond donors (Lipinski definition) is 1. The van der Waals surface area contributed by atoms with Crippen LogP contribution in [0.2, 0.25) is 0 Å². The van der Waals surface area contributed by atoms with Gasteiger partial charge in [0, 0.05) is 36.1 Å². The molecule has 0 bridgehead atoms. The smallest absolute Gasteiger partial charge is 0.180 e. The Morgan fingerprint density at radius 3 is 2.84 bits per heavy atom. The number of hydrogen-bond acceptors (Lipinski definition) is 6. The molecule has 4 rings (SSSR count). The van der Waals surface area contributed by atoms with Crippen LogP contribution in [0.4, 0.5) is 11.5 Å². The summed E-state index contributed by atoms with van der Waals surface area (Å²) in [6.07, 6.45) is 9.67. The fourth-order valence-corrected chi connectivity index (χ4v) is 4.51. The number of fused-ring (bicyclic) bond motifs is 1. The molecule has 164 valence electrons. The second-order valence-electron chi connectivity index (χ2n) is 8.34. The summed E-state index contributed by atoms with van der Waals surface area (Å²) in [6.45, 7) is 7.89. The van der Waals surface area contributed by atoms with E-state index in [0.717, 1.165) is 86.8 Å². The summed E-state index contributed by atoms with van der Waals surface area (Å²) in [4.78, 5) is 16.6. The first-order valence-corrected chi connectivity index (χ1v) is 11.4. The van der Waals surface area contributed by atoms with Gasteiger partial charge in [-0.1, -0.05) is 19.4 Å². The van der Waals surface area contributed by atoms with Crippen LogP contribution in [-0.2, 0) is 12.8 Å². The van der Waals surface area contributed by atoms with Crippen LogP contribution in [0.3, 0.4) is 0 Å². The number of aromatic nitrogens is 2. The van der Waals surface area contributed by atoms with Crippen molar-refractivity contribution in [3.63, 3.8) is 0 Å².